The van der Waals surface area contributed by atoms with Gasteiger partial charge in [-0.25, -0.2) is 4.79 Å². The van der Waals surface area contributed by atoms with Crippen molar-refractivity contribution in [1.29, 1.82) is 0 Å². The monoisotopic (exact) mass is 238 g/mol. The second kappa shape index (κ2) is 5.33. The van der Waals surface area contributed by atoms with Gasteiger partial charge in [0.1, 0.15) is 0 Å². The number of rotatable bonds is 4. The summed E-state index contributed by atoms with van der Waals surface area (Å²) in [6.07, 6.45) is 2.68. The first-order valence-electron chi connectivity index (χ1n) is 5.79. The van der Waals surface area contributed by atoms with Crippen LogP contribution >= 0.6 is 0 Å². The molecular weight excluding hydrogens is 220 g/mol. The van der Waals surface area contributed by atoms with Crippen LogP contribution in [0.25, 0.3) is 0 Å². The van der Waals surface area contributed by atoms with Crippen molar-refractivity contribution in [2.75, 3.05) is 27.2 Å². The van der Waals surface area contributed by atoms with Crippen LogP contribution in [0.4, 0.5) is 0 Å². The van der Waals surface area contributed by atoms with Crippen molar-refractivity contribution in [1.82, 2.24) is 10.2 Å². The van der Waals surface area contributed by atoms with E-state index in [0.29, 0.717) is 11.8 Å². The van der Waals surface area contributed by atoms with E-state index < -0.39 is 5.97 Å². The van der Waals surface area contributed by atoms with Gasteiger partial charge in [0, 0.05) is 31.2 Å². The summed E-state index contributed by atoms with van der Waals surface area (Å²) in [5.74, 6) is -0.0882. The average Bonchev–Trinajstić information content (AvgIpc) is 2.97. The second-order valence-corrected chi connectivity index (χ2v) is 4.28. The van der Waals surface area contributed by atoms with Crippen LogP contribution in [0.3, 0.4) is 0 Å². The van der Waals surface area contributed by atoms with Crippen LogP contribution in [0, 0.1) is 0 Å². The Hall–Kier alpha value is -1.33. The van der Waals surface area contributed by atoms with E-state index in [0.717, 1.165) is 31.6 Å². The van der Waals surface area contributed by atoms with E-state index in [1.54, 1.807) is 0 Å². The molecule has 0 amide bonds. The molecule has 1 fully saturated rings. The van der Waals surface area contributed by atoms with E-state index in [4.69, 9.17) is 4.42 Å². The Bertz CT molecular complexity index is 389. The van der Waals surface area contributed by atoms with Crippen LogP contribution in [0.15, 0.2) is 16.7 Å². The van der Waals surface area contributed by atoms with Gasteiger partial charge in [0.05, 0.1) is 13.4 Å². The van der Waals surface area contributed by atoms with Crippen molar-refractivity contribution in [3.8, 4) is 0 Å². The summed E-state index contributed by atoms with van der Waals surface area (Å²) in [5, 5.41) is 3.27. The van der Waals surface area contributed by atoms with Crippen LogP contribution < -0.4 is 5.32 Å². The van der Waals surface area contributed by atoms with Gasteiger partial charge in [-0.3, -0.25) is 4.90 Å². The highest BCUT2D eigenvalue weighted by molar-refractivity contribution is 5.87. The van der Waals surface area contributed by atoms with Gasteiger partial charge in [-0.2, -0.15) is 0 Å². The third-order valence-electron chi connectivity index (χ3n) is 3.19. The lowest BCUT2D eigenvalue weighted by molar-refractivity contribution is 0.0562. The normalized spacial score (nSPS) is 20.7. The number of nitrogens with zero attached hydrogens (tertiary/aromatic N) is 1. The number of carbonyl (C=O) groups excluding carboxylic acids is 1. The van der Waals surface area contributed by atoms with Gasteiger partial charge in [0.2, 0.25) is 5.76 Å². The predicted octanol–water partition coefficient (Wildman–Crippen LogP) is 0.860. The first-order valence-corrected chi connectivity index (χ1v) is 5.79. The summed E-state index contributed by atoms with van der Waals surface area (Å²) in [4.78, 5) is 13.7. The molecule has 0 spiro atoms. The summed E-state index contributed by atoms with van der Waals surface area (Å²) < 4.78 is 9.84. The van der Waals surface area contributed by atoms with Crippen molar-refractivity contribution in [3.05, 3.63) is 23.7 Å². The Kier molecular flexibility index (Phi) is 3.81. The molecule has 1 aliphatic rings. The van der Waals surface area contributed by atoms with Crippen molar-refractivity contribution < 1.29 is 13.9 Å². The molecule has 1 saturated heterocycles. The number of carbonyl (C=O) groups is 1. The second-order valence-electron chi connectivity index (χ2n) is 4.28. The smallest absolute Gasteiger partial charge is 0.374 e. The van der Waals surface area contributed by atoms with Crippen LogP contribution in [0.1, 0.15) is 22.5 Å². The van der Waals surface area contributed by atoms with Gasteiger partial charge in [-0.1, -0.05) is 0 Å². The minimum absolute atomic E-state index is 0.320. The molecule has 1 aromatic heterocycles. The number of likely N-dealkylation sites (tertiary alicyclic amines) is 1. The van der Waals surface area contributed by atoms with E-state index in [1.807, 2.05) is 13.1 Å². The molecule has 0 aromatic carbocycles. The van der Waals surface area contributed by atoms with E-state index in [2.05, 4.69) is 15.0 Å². The molecular formula is C12H18N2O3. The summed E-state index contributed by atoms with van der Waals surface area (Å²) >= 11 is 0. The predicted molar refractivity (Wildman–Crippen MR) is 62.8 cm³/mol. The molecule has 2 heterocycles. The van der Waals surface area contributed by atoms with Crippen LogP contribution in [-0.2, 0) is 11.3 Å². The lowest BCUT2D eigenvalue weighted by atomic mass is 10.2. The van der Waals surface area contributed by atoms with Crippen molar-refractivity contribution in [2.45, 2.75) is 19.0 Å². The van der Waals surface area contributed by atoms with Crippen molar-refractivity contribution in [2.24, 2.45) is 0 Å². The Morgan fingerprint density at radius 1 is 1.71 bits per heavy atom. The van der Waals surface area contributed by atoms with E-state index in [9.17, 15) is 4.79 Å². The number of esters is 1. The number of likely N-dealkylation sites (N-methyl/N-ethyl adjacent to an activating group) is 1. The average molecular weight is 238 g/mol. The van der Waals surface area contributed by atoms with Crippen molar-refractivity contribution in [3.63, 3.8) is 0 Å². The van der Waals surface area contributed by atoms with Gasteiger partial charge in [-0.15, -0.1) is 0 Å². The van der Waals surface area contributed by atoms with Gasteiger partial charge < -0.3 is 14.5 Å². The third-order valence-corrected chi connectivity index (χ3v) is 3.19. The minimum Gasteiger partial charge on any atom is -0.463 e. The highest BCUT2D eigenvalue weighted by Crippen LogP contribution is 2.18. The highest BCUT2D eigenvalue weighted by Gasteiger charge is 2.24. The molecule has 1 N–H and O–H groups in total. The molecule has 5 heteroatoms. The fraction of sp³-hybridized carbons (Fsp3) is 0.583. The summed E-state index contributed by atoms with van der Waals surface area (Å²) in [6.45, 7) is 2.78. The molecule has 2 rings (SSSR count). The Balaban J connectivity index is 2.00. The molecule has 17 heavy (non-hydrogen) atoms. The minimum atomic E-state index is -0.408. The Morgan fingerprint density at radius 2 is 2.53 bits per heavy atom. The SMILES string of the molecule is CNC1CCN(Cc2ccoc2C(=O)OC)C1. The molecule has 0 aliphatic carbocycles. The van der Waals surface area contributed by atoms with E-state index >= 15 is 0 Å². The van der Waals surface area contributed by atoms with Gasteiger partial charge in [0.25, 0.3) is 0 Å². The Morgan fingerprint density at radius 3 is 3.18 bits per heavy atom. The zero-order chi connectivity index (χ0) is 12.3. The maximum Gasteiger partial charge on any atom is 0.374 e. The van der Waals surface area contributed by atoms with Crippen LogP contribution in [0.5, 0.6) is 0 Å². The number of hydrogen-bond acceptors (Lipinski definition) is 5. The number of ether oxygens (including phenoxy) is 1. The first-order chi connectivity index (χ1) is 8.24. The maximum absolute atomic E-state index is 11.4. The summed E-state index contributed by atoms with van der Waals surface area (Å²) in [7, 11) is 3.34. The van der Waals surface area contributed by atoms with Gasteiger partial charge in [0.15, 0.2) is 0 Å². The van der Waals surface area contributed by atoms with Gasteiger partial charge in [-0.05, 0) is 19.5 Å². The molecule has 0 bridgehead atoms. The number of methoxy groups -OCH3 is 1. The maximum atomic E-state index is 11.4. The molecule has 5 nitrogen and oxygen atoms in total. The molecule has 1 atom stereocenters. The molecule has 1 aromatic rings. The van der Waals surface area contributed by atoms with Crippen LogP contribution in [-0.4, -0.2) is 44.2 Å². The first kappa shape index (κ1) is 12.1. The Labute approximate surface area is 101 Å². The lowest BCUT2D eigenvalue weighted by Gasteiger charge is -2.15. The molecule has 94 valence electrons. The standard InChI is InChI=1S/C12H18N2O3/c1-13-10-3-5-14(8-10)7-9-4-6-17-11(9)12(15)16-2/h4,6,10,13H,3,5,7-8H2,1-2H3. The van der Waals surface area contributed by atoms with Gasteiger partial charge >= 0.3 is 5.97 Å². The number of hydrogen-bond donors (Lipinski definition) is 1. The molecule has 0 radical (unpaired) electrons. The van der Waals surface area contributed by atoms with Crippen LogP contribution in [0.2, 0.25) is 0 Å². The number of nitrogens with one attached hydrogen (secondary N) is 1. The zero-order valence-electron chi connectivity index (χ0n) is 10.2. The lowest BCUT2D eigenvalue weighted by Crippen LogP contribution is -2.29. The molecule has 1 unspecified atom stereocenters. The highest BCUT2D eigenvalue weighted by atomic mass is 16.5. The quantitative estimate of drug-likeness (QED) is 0.788. The van der Waals surface area contributed by atoms with E-state index in [-0.39, 0.29) is 0 Å². The van der Waals surface area contributed by atoms with E-state index in [1.165, 1.54) is 13.4 Å². The largest absolute Gasteiger partial charge is 0.463 e. The molecule has 1 aliphatic heterocycles. The van der Waals surface area contributed by atoms with Crippen molar-refractivity contribution >= 4 is 5.97 Å². The molecule has 0 saturated carbocycles. The fourth-order valence-corrected chi connectivity index (χ4v) is 2.18. The fourth-order valence-electron chi connectivity index (χ4n) is 2.18. The third kappa shape index (κ3) is 2.68. The zero-order valence-corrected chi connectivity index (χ0v) is 10.2. The summed E-state index contributed by atoms with van der Waals surface area (Å²) in [6, 6.07) is 2.38. The summed E-state index contributed by atoms with van der Waals surface area (Å²) in [5.41, 5.74) is 0.897. The topological polar surface area (TPSA) is 54.7 Å². The number of furan rings is 1.